The van der Waals surface area contributed by atoms with Gasteiger partial charge >= 0.3 is 0 Å². The van der Waals surface area contributed by atoms with Gasteiger partial charge in [0.1, 0.15) is 0 Å². The van der Waals surface area contributed by atoms with E-state index in [1.54, 1.807) is 0 Å². The lowest BCUT2D eigenvalue weighted by Gasteiger charge is -2.24. The van der Waals surface area contributed by atoms with Gasteiger partial charge in [0.2, 0.25) is 0 Å². The van der Waals surface area contributed by atoms with Crippen LogP contribution in [-0.2, 0) is 6.54 Å². The average Bonchev–Trinajstić information content (AvgIpc) is 2.56. The van der Waals surface area contributed by atoms with Gasteiger partial charge in [-0.15, -0.1) is 0 Å². The van der Waals surface area contributed by atoms with Gasteiger partial charge in [-0.2, -0.15) is 0 Å². The minimum atomic E-state index is 0.448. The molecule has 0 bridgehead atoms. The maximum Gasteiger partial charge on any atom is 0.193 e. The van der Waals surface area contributed by atoms with Gasteiger partial charge < -0.3 is 11.1 Å². The van der Waals surface area contributed by atoms with Crippen molar-refractivity contribution in [2.75, 3.05) is 18.9 Å². The molecule has 0 aliphatic heterocycles. The average molecular weight is 310 g/mol. The Labute approximate surface area is 139 Å². The lowest BCUT2D eigenvalue weighted by Crippen LogP contribution is -2.30. The standard InChI is InChI=1S/C19H26N4/c1-16(23(2)15-17-9-5-3-6-10-17)13-14-21-19(20)22-18-11-7-4-8-12-18/h3-12,16H,13-15H2,1-2H3,(H3,20,21,22). The van der Waals surface area contributed by atoms with E-state index < -0.39 is 0 Å². The van der Waals surface area contributed by atoms with Crippen LogP contribution in [0.15, 0.2) is 65.7 Å². The van der Waals surface area contributed by atoms with Crippen LogP contribution in [-0.4, -0.2) is 30.5 Å². The fraction of sp³-hybridized carbons (Fsp3) is 0.316. The van der Waals surface area contributed by atoms with E-state index in [1.807, 2.05) is 36.4 Å². The lowest BCUT2D eigenvalue weighted by molar-refractivity contribution is 0.240. The molecule has 2 aromatic carbocycles. The van der Waals surface area contributed by atoms with Crippen molar-refractivity contribution in [1.29, 1.82) is 0 Å². The zero-order valence-corrected chi connectivity index (χ0v) is 13.9. The summed E-state index contributed by atoms with van der Waals surface area (Å²) in [4.78, 5) is 6.74. The molecule has 2 aromatic rings. The van der Waals surface area contributed by atoms with Crippen LogP contribution < -0.4 is 11.1 Å². The summed E-state index contributed by atoms with van der Waals surface area (Å²) in [6.45, 7) is 3.88. The van der Waals surface area contributed by atoms with Crippen LogP contribution in [0.1, 0.15) is 18.9 Å². The van der Waals surface area contributed by atoms with Crippen molar-refractivity contribution in [2.45, 2.75) is 25.9 Å². The minimum absolute atomic E-state index is 0.448. The number of rotatable bonds is 7. The Morgan fingerprint density at radius 1 is 1.09 bits per heavy atom. The van der Waals surface area contributed by atoms with Gasteiger partial charge in [-0.3, -0.25) is 9.89 Å². The van der Waals surface area contributed by atoms with Crippen LogP contribution in [0, 0.1) is 0 Å². The Kier molecular flexibility index (Phi) is 6.63. The van der Waals surface area contributed by atoms with Crippen LogP contribution >= 0.6 is 0 Å². The van der Waals surface area contributed by atoms with Crippen LogP contribution in [0.5, 0.6) is 0 Å². The topological polar surface area (TPSA) is 53.6 Å². The van der Waals surface area contributed by atoms with Crippen LogP contribution in [0.4, 0.5) is 5.69 Å². The molecule has 2 rings (SSSR count). The Morgan fingerprint density at radius 3 is 2.35 bits per heavy atom. The molecule has 0 saturated carbocycles. The first kappa shape index (κ1) is 17.0. The number of aliphatic imine (C=N–C) groups is 1. The van der Waals surface area contributed by atoms with Gasteiger partial charge in [-0.25, -0.2) is 0 Å². The first-order valence-electron chi connectivity index (χ1n) is 8.01. The molecule has 122 valence electrons. The highest BCUT2D eigenvalue weighted by atomic mass is 15.1. The normalized spacial score (nSPS) is 13.1. The van der Waals surface area contributed by atoms with E-state index in [4.69, 9.17) is 5.73 Å². The third kappa shape index (κ3) is 6.12. The molecule has 0 amide bonds. The number of nitrogens with two attached hydrogens (primary N) is 1. The summed E-state index contributed by atoms with van der Waals surface area (Å²) in [5.74, 6) is 0.467. The molecule has 0 aliphatic carbocycles. The molecule has 3 N–H and O–H groups in total. The molecule has 0 fully saturated rings. The van der Waals surface area contributed by atoms with Crippen molar-refractivity contribution >= 4 is 11.6 Å². The number of guanidine groups is 1. The monoisotopic (exact) mass is 310 g/mol. The second-order valence-corrected chi connectivity index (χ2v) is 5.80. The molecular formula is C19H26N4. The zero-order chi connectivity index (χ0) is 16.5. The Bertz CT molecular complexity index is 595. The zero-order valence-electron chi connectivity index (χ0n) is 13.9. The first-order chi connectivity index (χ1) is 11.1. The smallest absolute Gasteiger partial charge is 0.193 e. The highest BCUT2D eigenvalue weighted by Crippen LogP contribution is 2.08. The van der Waals surface area contributed by atoms with E-state index in [0.717, 1.165) is 18.7 Å². The number of nitrogens with one attached hydrogen (secondary N) is 1. The van der Waals surface area contributed by atoms with E-state index in [9.17, 15) is 0 Å². The maximum absolute atomic E-state index is 5.92. The van der Waals surface area contributed by atoms with E-state index in [2.05, 4.69) is 53.4 Å². The number of hydrogen-bond donors (Lipinski definition) is 2. The van der Waals surface area contributed by atoms with Gasteiger partial charge in [0.25, 0.3) is 0 Å². The molecule has 0 aliphatic rings. The summed E-state index contributed by atoms with van der Waals surface area (Å²) >= 11 is 0. The number of nitrogens with zero attached hydrogens (tertiary/aromatic N) is 2. The summed E-state index contributed by atoms with van der Waals surface area (Å²) in [7, 11) is 2.15. The molecule has 0 spiro atoms. The largest absolute Gasteiger partial charge is 0.370 e. The van der Waals surface area contributed by atoms with Crippen molar-refractivity contribution in [3.63, 3.8) is 0 Å². The van der Waals surface area contributed by atoms with Crippen LogP contribution in [0.2, 0.25) is 0 Å². The molecule has 0 aromatic heterocycles. The molecule has 0 saturated heterocycles. The fourth-order valence-corrected chi connectivity index (χ4v) is 2.33. The quantitative estimate of drug-likeness (QED) is 0.609. The summed E-state index contributed by atoms with van der Waals surface area (Å²) < 4.78 is 0. The maximum atomic E-state index is 5.92. The lowest BCUT2D eigenvalue weighted by atomic mass is 10.1. The van der Waals surface area contributed by atoms with E-state index in [1.165, 1.54) is 5.56 Å². The van der Waals surface area contributed by atoms with Crippen molar-refractivity contribution in [3.8, 4) is 0 Å². The highest BCUT2D eigenvalue weighted by molar-refractivity contribution is 5.92. The third-order valence-corrected chi connectivity index (χ3v) is 3.90. The molecule has 1 unspecified atom stereocenters. The van der Waals surface area contributed by atoms with Crippen molar-refractivity contribution in [1.82, 2.24) is 4.90 Å². The Hall–Kier alpha value is -2.33. The number of anilines is 1. The predicted molar refractivity (Wildman–Crippen MR) is 98.5 cm³/mol. The molecule has 4 heteroatoms. The predicted octanol–water partition coefficient (Wildman–Crippen LogP) is 3.32. The fourth-order valence-electron chi connectivity index (χ4n) is 2.33. The number of para-hydroxylation sites is 1. The number of benzene rings is 2. The van der Waals surface area contributed by atoms with Gasteiger partial charge in [0.05, 0.1) is 0 Å². The van der Waals surface area contributed by atoms with E-state index in [-0.39, 0.29) is 0 Å². The molecule has 0 heterocycles. The molecular weight excluding hydrogens is 284 g/mol. The second kappa shape index (κ2) is 8.96. The summed E-state index contributed by atoms with van der Waals surface area (Å²) in [5.41, 5.74) is 8.21. The van der Waals surface area contributed by atoms with Gasteiger partial charge in [0, 0.05) is 24.8 Å². The van der Waals surface area contributed by atoms with Crippen molar-refractivity contribution in [2.24, 2.45) is 10.7 Å². The molecule has 4 nitrogen and oxygen atoms in total. The second-order valence-electron chi connectivity index (χ2n) is 5.80. The van der Waals surface area contributed by atoms with Gasteiger partial charge in [0.15, 0.2) is 5.96 Å². The van der Waals surface area contributed by atoms with E-state index >= 15 is 0 Å². The van der Waals surface area contributed by atoms with Crippen molar-refractivity contribution < 1.29 is 0 Å². The minimum Gasteiger partial charge on any atom is -0.370 e. The van der Waals surface area contributed by atoms with Crippen molar-refractivity contribution in [3.05, 3.63) is 66.2 Å². The van der Waals surface area contributed by atoms with E-state index in [0.29, 0.717) is 18.5 Å². The molecule has 23 heavy (non-hydrogen) atoms. The van der Waals surface area contributed by atoms with Gasteiger partial charge in [-0.1, -0.05) is 48.5 Å². The highest BCUT2D eigenvalue weighted by Gasteiger charge is 2.09. The molecule has 1 atom stereocenters. The Balaban J connectivity index is 1.75. The van der Waals surface area contributed by atoms with Gasteiger partial charge in [-0.05, 0) is 38.1 Å². The van der Waals surface area contributed by atoms with Crippen LogP contribution in [0.25, 0.3) is 0 Å². The SMILES string of the molecule is CC(CCN=C(N)Nc1ccccc1)N(C)Cc1ccccc1. The summed E-state index contributed by atoms with van der Waals surface area (Å²) in [6, 6.07) is 20.8. The number of hydrogen-bond acceptors (Lipinski definition) is 2. The van der Waals surface area contributed by atoms with Crippen LogP contribution in [0.3, 0.4) is 0 Å². The summed E-state index contributed by atoms with van der Waals surface area (Å²) in [5, 5.41) is 3.10. The molecule has 0 radical (unpaired) electrons. The third-order valence-electron chi connectivity index (χ3n) is 3.90. The Morgan fingerprint density at radius 2 is 1.70 bits per heavy atom. The first-order valence-corrected chi connectivity index (χ1v) is 8.01. The summed E-state index contributed by atoms with van der Waals surface area (Å²) in [6.07, 6.45) is 0.973.